The molecule has 0 aliphatic carbocycles. The van der Waals surface area contributed by atoms with Crippen LogP contribution < -0.4 is 20.5 Å². The van der Waals surface area contributed by atoms with Crippen LogP contribution in [-0.2, 0) is 5.41 Å². The highest BCUT2D eigenvalue weighted by Gasteiger charge is 2.46. The number of nitrogens with zero attached hydrogens (tertiary/aromatic N) is 2. The molecule has 0 fully saturated rings. The number of benzene rings is 7. The highest BCUT2D eigenvalue weighted by atomic mass is 16.5. The zero-order valence-corrected chi connectivity index (χ0v) is 27.1. The van der Waals surface area contributed by atoms with E-state index in [1.165, 1.54) is 88.4 Å². The molecule has 7 aromatic carbocycles. The zero-order valence-electron chi connectivity index (χ0n) is 27.1. The number of aryl methyl sites for hydroxylation is 1. The standard InChI is InChI=1S/C44H31BN2O/c1-26-13-4-9-20-36(26)47-38-25-40-34(44(2,3)33-18-8-11-22-39(33)48-40)24-31(38)32-23-27-14-5-6-15-28(27)43-41(32)45(47)35-19-12-17-30-29-16-7-10-21-37(29)46(43)42(30)35/h4-25H,1-3H3. The van der Waals surface area contributed by atoms with Gasteiger partial charge in [-0.3, -0.25) is 0 Å². The van der Waals surface area contributed by atoms with Crippen LogP contribution in [0.3, 0.4) is 0 Å². The molecule has 0 unspecified atom stereocenters. The van der Waals surface area contributed by atoms with Gasteiger partial charge >= 0.3 is 6.85 Å². The van der Waals surface area contributed by atoms with Crippen molar-refractivity contribution in [3.05, 3.63) is 150 Å². The van der Waals surface area contributed by atoms with Crippen LogP contribution in [0.2, 0.25) is 0 Å². The Morgan fingerprint density at radius 3 is 2.25 bits per heavy atom. The van der Waals surface area contributed by atoms with E-state index in [1.807, 2.05) is 0 Å². The maximum absolute atomic E-state index is 6.78. The van der Waals surface area contributed by atoms with Gasteiger partial charge in [-0.25, -0.2) is 0 Å². The molecule has 48 heavy (non-hydrogen) atoms. The minimum absolute atomic E-state index is 0.0318. The van der Waals surface area contributed by atoms with Crippen LogP contribution >= 0.6 is 0 Å². The van der Waals surface area contributed by atoms with Crippen molar-refractivity contribution in [2.45, 2.75) is 26.2 Å². The van der Waals surface area contributed by atoms with E-state index in [0.717, 1.165) is 11.5 Å². The molecule has 11 rings (SSSR count). The van der Waals surface area contributed by atoms with Crippen LogP contribution in [0, 0.1) is 6.92 Å². The van der Waals surface area contributed by atoms with Crippen molar-refractivity contribution in [2.24, 2.45) is 0 Å². The van der Waals surface area contributed by atoms with E-state index in [1.54, 1.807) is 0 Å². The molecule has 3 aliphatic rings. The first-order valence-corrected chi connectivity index (χ1v) is 16.9. The van der Waals surface area contributed by atoms with E-state index in [2.05, 4.69) is 164 Å². The Kier molecular flexibility index (Phi) is 4.93. The lowest BCUT2D eigenvalue weighted by Crippen LogP contribution is -2.60. The fraction of sp³-hybridized carbons (Fsp3) is 0.0909. The van der Waals surface area contributed by atoms with Crippen LogP contribution in [-0.4, -0.2) is 11.4 Å². The van der Waals surface area contributed by atoms with Gasteiger partial charge in [0.2, 0.25) is 0 Å². The second-order valence-corrected chi connectivity index (χ2v) is 14.2. The molecule has 4 heteroatoms. The molecule has 0 spiro atoms. The van der Waals surface area contributed by atoms with E-state index in [0.29, 0.717) is 0 Å². The Morgan fingerprint density at radius 1 is 0.604 bits per heavy atom. The minimum Gasteiger partial charge on any atom is -0.457 e. The fourth-order valence-electron chi connectivity index (χ4n) is 9.14. The van der Waals surface area contributed by atoms with Gasteiger partial charge in [0, 0.05) is 55.7 Å². The number of hydrogen-bond acceptors (Lipinski definition) is 2. The van der Waals surface area contributed by atoms with Crippen molar-refractivity contribution < 1.29 is 4.74 Å². The molecule has 0 saturated carbocycles. The average molecular weight is 615 g/mol. The summed E-state index contributed by atoms with van der Waals surface area (Å²) in [6.45, 7) is 6.87. The third kappa shape index (κ3) is 3.16. The van der Waals surface area contributed by atoms with E-state index in [9.17, 15) is 0 Å². The fourth-order valence-corrected chi connectivity index (χ4v) is 9.14. The summed E-state index contributed by atoms with van der Waals surface area (Å²) in [7, 11) is 0. The molecule has 0 radical (unpaired) electrons. The summed E-state index contributed by atoms with van der Waals surface area (Å²) in [5.74, 6) is 1.87. The molecule has 3 aliphatic heterocycles. The molecule has 0 bridgehead atoms. The number of para-hydroxylation sites is 4. The second kappa shape index (κ2) is 8.99. The summed E-state index contributed by atoms with van der Waals surface area (Å²) in [5, 5.41) is 5.12. The summed E-state index contributed by atoms with van der Waals surface area (Å²) in [6.07, 6.45) is 0. The lowest BCUT2D eigenvalue weighted by Gasteiger charge is -2.44. The Balaban J connectivity index is 1.35. The van der Waals surface area contributed by atoms with Crippen LogP contribution in [0.15, 0.2) is 133 Å². The SMILES string of the molecule is Cc1ccccc1N1B2c3c(cc4ccccc4c3-n3c4ccccc4c4cccc2c43)-c2cc3c(cc21)Oc1ccccc1C3(C)C. The van der Waals surface area contributed by atoms with Gasteiger partial charge in [0.25, 0.3) is 0 Å². The molecule has 8 aromatic rings. The maximum atomic E-state index is 6.78. The first kappa shape index (κ1) is 26.3. The highest BCUT2D eigenvalue weighted by Crippen LogP contribution is 2.54. The second-order valence-electron chi connectivity index (χ2n) is 14.2. The number of rotatable bonds is 1. The molecular formula is C44H31BN2O. The Morgan fingerprint density at radius 2 is 1.35 bits per heavy atom. The number of ether oxygens (including phenoxy) is 1. The van der Waals surface area contributed by atoms with E-state index in [4.69, 9.17) is 4.74 Å². The predicted octanol–water partition coefficient (Wildman–Crippen LogP) is 9.91. The molecule has 1 aromatic heterocycles. The molecule has 0 amide bonds. The van der Waals surface area contributed by atoms with Gasteiger partial charge in [-0.2, -0.15) is 0 Å². The quantitative estimate of drug-likeness (QED) is 0.171. The third-order valence-corrected chi connectivity index (χ3v) is 11.3. The first-order valence-electron chi connectivity index (χ1n) is 16.9. The van der Waals surface area contributed by atoms with E-state index >= 15 is 0 Å². The van der Waals surface area contributed by atoms with Gasteiger partial charge in [-0.15, -0.1) is 0 Å². The molecule has 4 heterocycles. The molecular weight excluding hydrogens is 583 g/mol. The molecule has 0 atom stereocenters. The summed E-state index contributed by atoms with van der Waals surface area (Å²) in [4.78, 5) is 2.61. The van der Waals surface area contributed by atoms with E-state index < -0.39 is 0 Å². The largest absolute Gasteiger partial charge is 0.457 e. The van der Waals surface area contributed by atoms with Crippen LogP contribution in [0.5, 0.6) is 11.5 Å². The van der Waals surface area contributed by atoms with Crippen LogP contribution in [0.1, 0.15) is 30.5 Å². The third-order valence-electron chi connectivity index (χ3n) is 11.3. The average Bonchev–Trinajstić information content (AvgIpc) is 3.45. The number of anilines is 2. The first-order chi connectivity index (χ1) is 23.5. The Labute approximate surface area is 279 Å². The lowest BCUT2D eigenvalue weighted by atomic mass is 9.43. The molecule has 0 saturated heterocycles. The highest BCUT2D eigenvalue weighted by molar-refractivity contribution is 6.94. The summed E-state index contributed by atoms with van der Waals surface area (Å²) >= 11 is 0. The Hall–Kier alpha value is -5.74. The van der Waals surface area contributed by atoms with Gasteiger partial charge < -0.3 is 14.1 Å². The van der Waals surface area contributed by atoms with Crippen molar-refractivity contribution in [1.29, 1.82) is 0 Å². The van der Waals surface area contributed by atoms with Gasteiger partial charge in [0.05, 0.1) is 16.7 Å². The normalized spacial score (nSPS) is 14.8. The minimum atomic E-state index is -0.226. The number of aromatic nitrogens is 1. The van der Waals surface area contributed by atoms with Gasteiger partial charge in [-0.05, 0) is 64.7 Å². The topological polar surface area (TPSA) is 17.4 Å². The predicted molar refractivity (Wildman–Crippen MR) is 201 cm³/mol. The van der Waals surface area contributed by atoms with Crippen molar-refractivity contribution in [1.82, 2.24) is 4.57 Å². The van der Waals surface area contributed by atoms with E-state index in [-0.39, 0.29) is 12.3 Å². The van der Waals surface area contributed by atoms with Crippen LogP contribution in [0.4, 0.5) is 11.4 Å². The summed E-state index contributed by atoms with van der Waals surface area (Å²) in [5.41, 5.74) is 14.9. The summed E-state index contributed by atoms with van der Waals surface area (Å²) in [6, 6.07) is 49.3. The van der Waals surface area contributed by atoms with Crippen molar-refractivity contribution in [3.8, 4) is 28.3 Å². The van der Waals surface area contributed by atoms with Crippen molar-refractivity contribution >= 4 is 61.7 Å². The smallest absolute Gasteiger partial charge is 0.333 e. The number of hydrogen-bond donors (Lipinski definition) is 0. The maximum Gasteiger partial charge on any atom is 0.333 e. The van der Waals surface area contributed by atoms with Crippen molar-refractivity contribution in [3.63, 3.8) is 0 Å². The van der Waals surface area contributed by atoms with Gasteiger partial charge in [-0.1, -0.05) is 111 Å². The molecule has 0 N–H and O–H groups in total. The molecule has 3 nitrogen and oxygen atoms in total. The van der Waals surface area contributed by atoms with Crippen molar-refractivity contribution in [2.75, 3.05) is 4.81 Å². The van der Waals surface area contributed by atoms with Gasteiger partial charge in [0.1, 0.15) is 11.5 Å². The lowest BCUT2D eigenvalue weighted by molar-refractivity contribution is 0.418. The van der Waals surface area contributed by atoms with Crippen LogP contribution in [0.25, 0.3) is 49.4 Å². The number of fused-ring (bicyclic) bond motifs is 11. The monoisotopic (exact) mass is 614 g/mol. The van der Waals surface area contributed by atoms with Gasteiger partial charge in [0.15, 0.2) is 0 Å². The molecule has 226 valence electrons. The zero-order chi connectivity index (χ0) is 31.9. The Bertz CT molecular complexity index is 2720. The summed E-state index contributed by atoms with van der Waals surface area (Å²) < 4.78 is 9.35.